The smallest absolute Gasteiger partial charge is 0.0649 e. The lowest BCUT2D eigenvalue weighted by Gasteiger charge is -2.28. The standard InChI is InChI=1S/C16H26N2O2/c1-16(2,7-11-19)20-12-10-18-9-4-6-15(18)14-5-3-8-17-13-14/h3,5,8,13,15,19H,4,6-7,9-12H2,1-2H3. The number of hydrogen-bond acceptors (Lipinski definition) is 4. The Hall–Kier alpha value is -0.970. The number of pyridine rings is 1. The van der Waals surface area contributed by atoms with Crippen LogP contribution in [-0.4, -0.2) is 46.9 Å². The molecule has 20 heavy (non-hydrogen) atoms. The molecule has 0 amide bonds. The summed E-state index contributed by atoms with van der Waals surface area (Å²) in [5.74, 6) is 0. The number of hydrogen-bond donors (Lipinski definition) is 1. The first-order chi connectivity index (χ1) is 9.62. The van der Waals surface area contributed by atoms with Crippen LogP contribution in [0.1, 0.15) is 44.7 Å². The Morgan fingerprint density at radius 1 is 1.50 bits per heavy atom. The van der Waals surface area contributed by atoms with Crippen molar-refractivity contribution in [2.75, 3.05) is 26.3 Å². The molecule has 0 radical (unpaired) electrons. The van der Waals surface area contributed by atoms with E-state index in [0.717, 1.165) is 13.1 Å². The molecule has 1 fully saturated rings. The Balaban J connectivity index is 1.83. The summed E-state index contributed by atoms with van der Waals surface area (Å²) in [6.07, 6.45) is 6.91. The predicted molar refractivity (Wildman–Crippen MR) is 79.5 cm³/mol. The molecule has 0 bridgehead atoms. The third kappa shape index (κ3) is 4.27. The number of aromatic nitrogens is 1. The molecule has 1 aliphatic rings. The maximum absolute atomic E-state index is 9.01. The quantitative estimate of drug-likeness (QED) is 0.832. The maximum Gasteiger partial charge on any atom is 0.0649 e. The van der Waals surface area contributed by atoms with Crippen LogP contribution < -0.4 is 0 Å². The SMILES string of the molecule is CC(C)(CCO)OCCN1CCCC1c1cccnc1. The molecule has 0 spiro atoms. The van der Waals surface area contributed by atoms with Gasteiger partial charge in [-0.05, 0) is 51.3 Å². The van der Waals surface area contributed by atoms with Gasteiger partial charge < -0.3 is 9.84 Å². The van der Waals surface area contributed by atoms with Crippen molar-refractivity contribution in [3.63, 3.8) is 0 Å². The van der Waals surface area contributed by atoms with Gasteiger partial charge in [-0.25, -0.2) is 0 Å². The van der Waals surface area contributed by atoms with E-state index in [0.29, 0.717) is 19.1 Å². The van der Waals surface area contributed by atoms with Gasteiger partial charge in [0.15, 0.2) is 0 Å². The maximum atomic E-state index is 9.01. The summed E-state index contributed by atoms with van der Waals surface area (Å²) in [4.78, 5) is 6.70. The summed E-state index contributed by atoms with van der Waals surface area (Å²) in [6, 6.07) is 4.65. The van der Waals surface area contributed by atoms with Gasteiger partial charge in [-0.15, -0.1) is 0 Å². The highest BCUT2D eigenvalue weighted by molar-refractivity contribution is 5.15. The van der Waals surface area contributed by atoms with Crippen molar-refractivity contribution in [1.29, 1.82) is 0 Å². The molecule has 4 nitrogen and oxygen atoms in total. The van der Waals surface area contributed by atoms with Crippen LogP contribution in [0.4, 0.5) is 0 Å². The molecule has 2 heterocycles. The third-order valence-corrected chi connectivity index (χ3v) is 4.02. The summed E-state index contributed by atoms with van der Waals surface area (Å²) in [5.41, 5.74) is 1.07. The number of likely N-dealkylation sites (tertiary alicyclic amines) is 1. The Morgan fingerprint density at radius 3 is 3.05 bits per heavy atom. The van der Waals surface area contributed by atoms with Gasteiger partial charge in [-0.1, -0.05) is 6.07 Å². The monoisotopic (exact) mass is 278 g/mol. The van der Waals surface area contributed by atoms with Crippen molar-refractivity contribution in [2.45, 2.75) is 44.8 Å². The van der Waals surface area contributed by atoms with Crippen molar-refractivity contribution in [2.24, 2.45) is 0 Å². The van der Waals surface area contributed by atoms with E-state index >= 15 is 0 Å². The zero-order valence-electron chi connectivity index (χ0n) is 12.6. The first-order valence-corrected chi connectivity index (χ1v) is 7.51. The molecule has 112 valence electrons. The molecule has 0 aromatic carbocycles. The average Bonchev–Trinajstić information content (AvgIpc) is 2.88. The topological polar surface area (TPSA) is 45.6 Å². The van der Waals surface area contributed by atoms with Crippen LogP contribution in [-0.2, 0) is 4.74 Å². The summed E-state index contributed by atoms with van der Waals surface area (Å²) in [5, 5.41) is 9.01. The minimum atomic E-state index is -0.238. The van der Waals surface area contributed by atoms with Gasteiger partial charge in [-0.2, -0.15) is 0 Å². The predicted octanol–water partition coefficient (Wildman–Crippen LogP) is 2.40. The van der Waals surface area contributed by atoms with Crippen molar-refractivity contribution >= 4 is 0 Å². The zero-order valence-corrected chi connectivity index (χ0v) is 12.6. The molecule has 4 heteroatoms. The molecular weight excluding hydrogens is 252 g/mol. The summed E-state index contributed by atoms with van der Waals surface area (Å²) in [7, 11) is 0. The molecule has 1 atom stereocenters. The van der Waals surface area contributed by atoms with Crippen LogP contribution in [0.3, 0.4) is 0 Å². The minimum Gasteiger partial charge on any atom is -0.396 e. The van der Waals surface area contributed by atoms with E-state index in [1.54, 1.807) is 0 Å². The van der Waals surface area contributed by atoms with Gasteiger partial charge in [0.2, 0.25) is 0 Å². The van der Waals surface area contributed by atoms with Crippen molar-refractivity contribution in [1.82, 2.24) is 9.88 Å². The summed E-state index contributed by atoms with van der Waals surface area (Å²) in [6.45, 7) is 7.02. The Morgan fingerprint density at radius 2 is 2.35 bits per heavy atom. The van der Waals surface area contributed by atoms with Gasteiger partial charge in [0, 0.05) is 31.6 Å². The molecule has 1 aromatic heterocycles. The lowest BCUT2D eigenvalue weighted by molar-refractivity contribution is -0.0411. The molecule has 1 saturated heterocycles. The minimum absolute atomic E-state index is 0.176. The zero-order chi connectivity index (χ0) is 14.4. The fraction of sp³-hybridized carbons (Fsp3) is 0.688. The van der Waals surface area contributed by atoms with E-state index in [1.807, 2.05) is 32.3 Å². The highest BCUT2D eigenvalue weighted by atomic mass is 16.5. The van der Waals surface area contributed by atoms with Crippen molar-refractivity contribution in [3.8, 4) is 0 Å². The highest BCUT2D eigenvalue weighted by Gasteiger charge is 2.26. The van der Waals surface area contributed by atoms with E-state index in [2.05, 4.69) is 16.0 Å². The van der Waals surface area contributed by atoms with E-state index in [9.17, 15) is 0 Å². The number of rotatable bonds is 7. The molecule has 2 rings (SSSR count). The lowest BCUT2D eigenvalue weighted by atomic mass is 10.1. The van der Waals surface area contributed by atoms with E-state index in [1.165, 1.54) is 18.4 Å². The van der Waals surface area contributed by atoms with E-state index < -0.39 is 0 Å². The normalized spacial score (nSPS) is 20.4. The average molecular weight is 278 g/mol. The second-order valence-corrected chi connectivity index (χ2v) is 6.06. The van der Waals surface area contributed by atoms with E-state index in [4.69, 9.17) is 9.84 Å². The van der Waals surface area contributed by atoms with Crippen LogP contribution in [0.15, 0.2) is 24.5 Å². The Bertz CT molecular complexity index is 395. The number of aliphatic hydroxyl groups is 1. The molecule has 0 saturated carbocycles. The van der Waals surface area contributed by atoms with Crippen LogP contribution in [0.25, 0.3) is 0 Å². The van der Waals surface area contributed by atoms with Crippen LogP contribution in [0, 0.1) is 0 Å². The van der Waals surface area contributed by atoms with Gasteiger partial charge in [0.25, 0.3) is 0 Å². The molecule has 1 aliphatic heterocycles. The van der Waals surface area contributed by atoms with Crippen LogP contribution >= 0.6 is 0 Å². The van der Waals surface area contributed by atoms with Gasteiger partial charge in [0.05, 0.1) is 12.2 Å². The van der Waals surface area contributed by atoms with Crippen LogP contribution in [0.2, 0.25) is 0 Å². The third-order valence-electron chi connectivity index (χ3n) is 4.02. The lowest BCUT2D eigenvalue weighted by Crippen LogP contribution is -2.32. The number of aliphatic hydroxyl groups excluding tert-OH is 1. The fourth-order valence-corrected chi connectivity index (χ4v) is 2.82. The number of nitrogens with zero attached hydrogens (tertiary/aromatic N) is 2. The molecule has 1 N–H and O–H groups in total. The van der Waals surface area contributed by atoms with Crippen molar-refractivity contribution < 1.29 is 9.84 Å². The van der Waals surface area contributed by atoms with Gasteiger partial charge >= 0.3 is 0 Å². The van der Waals surface area contributed by atoms with Crippen molar-refractivity contribution in [3.05, 3.63) is 30.1 Å². The second kappa shape index (κ2) is 7.16. The Kier molecular flexibility index (Phi) is 5.52. The molecular formula is C16H26N2O2. The van der Waals surface area contributed by atoms with E-state index in [-0.39, 0.29) is 12.2 Å². The fourth-order valence-electron chi connectivity index (χ4n) is 2.82. The largest absolute Gasteiger partial charge is 0.396 e. The molecule has 1 unspecified atom stereocenters. The second-order valence-electron chi connectivity index (χ2n) is 6.06. The number of ether oxygens (including phenoxy) is 1. The molecule has 1 aromatic rings. The highest BCUT2D eigenvalue weighted by Crippen LogP contribution is 2.31. The first kappa shape index (κ1) is 15.4. The summed E-state index contributed by atoms with van der Waals surface area (Å²) < 4.78 is 5.90. The van der Waals surface area contributed by atoms with Crippen LogP contribution in [0.5, 0.6) is 0 Å². The first-order valence-electron chi connectivity index (χ1n) is 7.51. The van der Waals surface area contributed by atoms with Gasteiger partial charge in [-0.3, -0.25) is 9.88 Å². The summed E-state index contributed by atoms with van der Waals surface area (Å²) >= 11 is 0. The molecule has 0 aliphatic carbocycles. The van der Waals surface area contributed by atoms with Gasteiger partial charge in [0.1, 0.15) is 0 Å². The Labute approximate surface area is 121 Å².